The van der Waals surface area contributed by atoms with Crippen LogP contribution < -0.4 is 5.32 Å². The molecule has 5 rings (SSSR count). The van der Waals surface area contributed by atoms with Crippen LogP contribution in [0.5, 0.6) is 0 Å². The van der Waals surface area contributed by atoms with E-state index in [0.29, 0.717) is 18.7 Å². The van der Waals surface area contributed by atoms with E-state index in [-0.39, 0.29) is 23.8 Å². The number of benzene rings is 3. The Balaban J connectivity index is 1.24. The first-order valence-electron chi connectivity index (χ1n) is 11.6. The number of aromatic nitrogens is 3. The van der Waals surface area contributed by atoms with Crippen LogP contribution in [0.2, 0.25) is 0 Å². The summed E-state index contributed by atoms with van der Waals surface area (Å²) in [5, 5.41) is 9.26. The van der Waals surface area contributed by atoms with Crippen LogP contribution in [0, 0.1) is 5.92 Å². The quantitative estimate of drug-likeness (QED) is 0.492. The summed E-state index contributed by atoms with van der Waals surface area (Å²) >= 11 is 0. The summed E-state index contributed by atoms with van der Waals surface area (Å²) in [5.41, 5.74) is 2.62. The minimum atomic E-state index is -0.218. The zero-order valence-corrected chi connectivity index (χ0v) is 19.1. The van der Waals surface area contributed by atoms with Crippen molar-refractivity contribution in [2.75, 3.05) is 13.1 Å². The van der Waals surface area contributed by atoms with Crippen molar-refractivity contribution in [3.63, 3.8) is 0 Å². The molecule has 0 spiro atoms. The number of nitrogens with zero attached hydrogens (tertiary/aromatic N) is 4. The average molecular weight is 454 g/mol. The van der Waals surface area contributed by atoms with Gasteiger partial charge >= 0.3 is 0 Å². The van der Waals surface area contributed by atoms with Crippen LogP contribution in [-0.2, 0) is 4.79 Å². The van der Waals surface area contributed by atoms with E-state index in [1.165, 1.54) is 6.33 Å². The van der Waals surface area contributed by atoms with Crippen molar-refractivity contribution >= 4 is 22.6 Å². The predicted molar refractivity (Wildman–Crippen MR) is 130 cm³/mol. The third-order valence-electron chi connectivity index (χ3n) is 6.53. The molecule has 34 heavy (non-hydrogen) atoms. The fourth-order valence-corrected chi connectivity index (χ4v) is 4.63. The van der Waals surface area contributed by atoms with Gasteiger partial charge in [-0.3, -0.25) is 9.59 Å². The highest BCUT2D eigenvalue weighted by Crippen LogP contribution is 2.24. The van der Waals surface area contributed by atoms with Gasteiger partial charge in [-0.1, -0.05) is 48.5 Å². The molecule has 0 radical (unpaired) electrons. The van der Waals surface area contributed by atoms with Crippen LogP contribution in [0.3, 0.4) is 0 Å². The molecule has 2 amide bonds. The lowest BCUT2D eigenvalue weighted by molar-refractivity contribution is -0.127. The minimum Gasteiger partial charge on any atom is -0.349 e. The molecule has 0 saturated carbocycles. The maximum atomic E-state index is 13.3. The summed E-state index contributed by atoms with van der Waals surface area (Å²) < 4.78 is 1.69. The molecule has 7 nitrogen and oxygen atoms in total. The van der Waals surface area contributed by atoms with Gasteiger partial charge in [-0.05, 0) is 54.3 Å². The molecule has 0 aliphatic carbocycles. The van der Waals surface area contributed by atoms with Gasteiger partial charge in [0.15, 0.2) is 0 Å². The van der Waals surface area contributed by atoms with Crippen molar-refractivity contribution in [3.8, 4) is 5.69 Å². The molecule has 2 unspecified atom stereocenters. The SMILES string of the molecule is CC(NC(=O)C1CCCN(C(=O)c2cccc3ccccc23)C1)c1ccc(-n2cncn2)cc1. The van der Waals surface area contributed by atoms with Crippen LogP contribution in [-0.4, -0.2) is 44.6 Å². The van der Waals surface area contributed by atoms with Crippen molar-refractivity contribution in [3.05, 3.63) is 90.5 Å². The summed E-state index contributed by atoms with van der Waals surface area (Å²) in [6, 6.07) is 21.5. The lowest BCUT2D eigenvalue weighted by Gasteiger charge is -2.33. The normalized spacial score (nSPS) is 16.9. The molecular formula is C27H27N5O2. The van der Waals surface area contributed by atoms with Gasteiger partial charge in [0.05, 0.1) is 17.6 Å². The summed E-state index contributed by atoms with van der Waals surface area (Å²) in [5.74, 6) is -0.237. The Bertz CT molecular complexity index is 1300. The zero-order valence-electron chi connectivity index (χ0n) is 19.1. The van der Waals surface area contributed by atoms with Crippen molar-refractivity contribution in [1.29, 1.82) is 0 Å². The van der Waals surface area contributed by atoms with E-state index in [0.717, 1.165) is 34.9 Å². The number of rotatable bonds is 5. The maximum absolute atomic E-state index is 13.3. The topological polar surface area (TPSA) is 80.1 Å². The van der Waals surface area contributed by atoms with Gasteiger partial charge in [-0.25, -0.2) is 9.67 Å². The van der Waals surface area contributed by atoms with E-state index in [4.69, 9.17) is 0 Å². The molecule has 1 fully saturated rings. The Morgan fingerprint density at radius 1 is 1.03 bits per heavy atom. The fraction of sp³-hybridized carbons (Fsp3) is 0.259. The Labute approximate surface area is 198 Å². The number of carbonyl (C=O) groups excluding carboxylic acids is 2. The molecule has 4 aromatic rings. The summed E-state index contributed by atoms with van der Waals surface area (Å²) in [6.07, 6.45) is 4.74. The number of hydrogen-bond acceptors (Lipinski definition) is 4. The van der Waals surface area contributed by atoms with E-state index in [1.54, 1.807) is 11.0 Å². The monoisotopic (exact) mass is 453 g/mol. The molecule has 2 atom stereocenters. The first-order valence-corrected chi connectivity index (χ1v) is 11.6. The smallest absolute Gasteiger partial charge is 0.254 e. The van der Waals surface area contributed by atoms with Crippen LogP contribution in [0.4, 0.5) is 0 Å². The van der Waals surface area contributed by atoms with Gasteiger partial charge < -0.3 is 10.2 Å². The summed E-state index contributed by atoms with van der Waals surface area (Å²) in [4.78, 5) is 32.2. The third-order valence-corrected chi connectivity index (χ3v) is 6.53. The highest BCUT2D eigenvalue weighted by Gasteiger charge is 2.30. The van der Waals surface area contributed by atoms with Crippen molar-refractivity contribution in [1.82, 2.24) is 25.0 Å². The molecule has 1 aliphatic heterocycles. The minimum absolute atomic E-state index is 0.00829. The number of nitrogens with one attached hydrogen (secondary N) is 1. The van der Waals surface area contributed by atoms with Crippen LogP contribution in [0.1, 0.15) is 41.7 Å². The standard InChI is InChI=1S/C27H27N5O2/c1-19(20-11-13-23(14-12-20)32-18-28-17-29-32)30-26(33)22-8-5-15-31(16-22)27(34)25-10-4-7-21-6-2-3-9-24(21)25/h2-4,6-7,9-14,17-19,22H,5,8,15-16H2,1H3,(H,30,33). The van der Waals surface area contributed by atoms with Crippen LogP contribution in [0.15, 0.2) is 79.4 Å². The number of piperidine rings is 1. The van der Waals surface area contributed by atoms with Crippen molar-refractivity contribution in [2.45, 2.75) is 25.8 Å². The number of fused-ring (bicyclic) bond motifs is 1. The lowest BCUT2D eigenvalue weighted by Crippen LogP contribution is -2.45. The second-order valence-electron chi connectivity index (χ2n) is 8.78. The Morgan fingerprint density at radius 3 is 2.62 bits per heavy atom. The lowest BCUT2D eigenvalue weighted by atomic mass is 9.95. The van der Waals surface area contributed by atoms with E-state index in [9.17, 15) is 9.59 Å². The first kappa shape index (κ1) is 21.8. The van der Waals surface area contributed by atoms with Gasteiger partial charge in [-0.15, -0.1) is 0 Å². The molecule has 1 N–H and O–H groups in total. The molecule has 1 aliphatic rings. The predicted octanol–water partition coefficient (Wildman–Crippen LogP) is 4.15. The van der Waals surface area contributed by atoms with E-state index < -0.39 is 0 Å². The number of hydrogen-bond donors (Lipinski definition) is 1. The number of carbonyl (C=O) groups is 2. The number of likely N-dealkylation sites (tertiary alicyclic amines) is 1. The molecule has 3 aromatic carbocycles. The number of amides is 2. The third kappa shape index (κ3) is 4.41. The highest BCUT2D eigenvalue weighted by molar-refractivity contribution is 6.07. The van der Waals surface area contributed by atoms with Crippen molar-refractivity contribution < 1.29 is 9.59 Å². The van der Waals surface area contributed by atoms with Gasteiger partial charge in [0.2, 0.25) is 5.91 Å². The van der Waals surface area contributed by atoms with Crippen LogP contribution in [0.25, 0.3) is 16.5 Å². The average Bonchev–Trinajstić information content (AvgIpc) is 3.43. The molecule has 172 valence electrons. The van der Waals surface area contributed by atoms with E-state index in [1.807, 2.05) is 78.6 Å². The molecule has 1 aromatic heterocycles. The molecular weight excluding hydrogens is 426 g/mol. The van der Waals surface area contributed by atoms with Gasteiger partial charge in [0, 0.05) is 18.7 Å². The van der Waals surface area contributed by atoms with Gasteiger partial charge in [-0.2, -0.15) is 5.10 Å². The second kappa shape index (κ2) is 9.47. The maximum Gasteiger partial charge on any atom is 0.254 e. The molecule has 7 heteroatoms. The Morgan fingerprint density at radius 2 is 1.82 bits per heavy atom. The Kier molecular flexibility index (Phi) is 6.08. The van der Waals surface area contributed by atoms with Crippen molar-refractivity contribution in [2.24, 2.45) is 5.92 Å². The van der Waals surface area contributed by atoms with Crippen LogP contribution >= 0.6 is 0 Å². The molecule has 1 saturated heterocycles. The van der Waals surface area contributed by atoms with Gasteiger partial charge in [0.1, 0.15) is 12.7 Å². The zero-order chi connectivity index (χ0) is 23.5. The van der Waals surface area contributed by atoms with Gasteiger partial charge in [0.25, 0.3) is 5.91 Å². The molecule has 2 heterocycles. The highest BCUT2D eigenvalue weighted by atomic mass is 16.2. The Hall–Kier alpha value is -4.00. The van der Waals surface area contributed by atoms with E-state index in [2.05, 4.69) is 15.4 Å². The van der Waals surface area contributed by atoms with E-state index >= 15 is 0 Å². The first-order chi connectivity index (χ1) is 16.6. The fourth-order valence-electron chi connectivity index (χ4n) is 4.63. The summed E-state index contributed by atoms with van der Waals surface area (Å²) in [7, 11) is 0. The largest absolute Gasteiger partial charge is 0.349 e. The second-order valence-corrected chi connectivity index (χ2v) is 8.78. The summed E-state index contributed by atoms with van der Waals surface area (Å²) in [6.45, 7) is 3.08. The molecule has 0 bridgehead atoms.